The van der Waals surface area contributed by atoms with Gasteiger partial charge in [0.15, 0.2) is 6.79 Å². The van der Waals surface area contributed by atoms with Crippen LogP contribution in [0.4, 0.5) is 0 Å². The standard InChI is InChI=1S/C25H37NO7/c1-24(2,3)33-23(29)25(26-15-7-8-16-26,31-18-30-17-19-9-5-4-6-10-19)32-21-13-11-20(12-14-21)22(27)28/h4-6,9-10,20-21H,7-8,11-18H2,1-3H3,(H,27,28). The summed E-state index contributed by atoms with van der Waals surface area (Å²) in [7, 11) is 0. The Hall–Kier alpha value is -2.00. The molecule has 1 aliphatic carbocycles. The quantitative estimate of drug-likeness (QED) is 0.317. The molecule has 2 aliphatic rings. The summed E-state index contributed by atoms with van der Waals surface area (Å²) in [6.07, 6.45) is 3.65. The smallest absolute Gasteiger partial charge is 0.384 e. The average Bonchev–Trinajstić information content (AvgIpc) is 3.31. The van der Waals surface area contributed by atoms with E-state index in [0.717, 1.165) is 18.4 Å². The third kappa shape index (κ3) is 7.24. The number of rotatable bonds is 10. The van der Waals surface area contributed by atoms with Gasteiger partial charge in [-0.05, 0) is 64.9 Å². The van der Waals surface area contributed by atoms with Gasteiger partial charge in [0.2, 0.25) is 0 Å². The normalized spacial score (nSPS) is 23.7. The molecular formula is C25H37NO7. The number of nitrogens with zero attached hydrogens (tertiary/aromatic N) is 1. The molecule has 0 spiro atoms. The van der Waals surface area contributed by atoms with Crippen molar-refractivity contribution in [3.63, 3.8) is 0 Å². The number of benzene rings is 1. The molecule has 2 fully saturated rings. The minimum atomic E-state index is -1.72. The van der Waals surface area contributed by atoms with E-state index in [1.807, 2.05) is 56.0 Å². The van der Waals surface area contributed by atoms with Crippen LogP contribution in [-0.4, -0.2) is 59.4 Å². The van der Waals surface area contributed by atoms with E-state index < -0.39 is 23.5 Å². The van der Waals surface area contributed by atoms with Crippen molar-refractivity contribution in [2.75, 3.05) is 19.9 Å². The molecule has 1 unspecified atom stereocenters. The van der Waals surface area contributed by atoms with Crippen LogP contribution in [0.1, 0.15) is 64.9 Å². The summed E-state index contributed by atoms with van der Waals surface area (Å²) in [5, 5.41) is 9.32. The maximum Gasteiger partial charge on any atom is 0.384 e. The fourth-order valence-corrected chi connectivity index (χ4v) is 4.30. The van der Waals surface area contributed by atoms with Crippen LogP contribution in [0, 0.1) is 5.92 Å². The Morgan fingerprint density at radius 2 is 1.67 bits per heavy atom. The van der Waals surface area contributed by atoms with E-state index >= 15 is 0 Å². The van der Waals surface area contributed by atoms with Crippen LogP contribution < -0.4 is 0 Å². The number of likely N-dealkylation sites (tertiary alicyclic amines) is 1. The number of aliphatic carboxylic acids is 1. The van der Waals surface area contributed by atoms with Crippen LogP contribution in [0.25, 0.3) is 0 Å². The van der Waals surface area contributed by atoms with Gasteiger partial charge in [0.1, 0.15) is 5.60 Å². The highest BCUT2D eigenvalue weighted by molar-refractivity contribution is 5.78. The lowest BCUT2D eigenvalue weighted by Gasteiger charge is -2.42. The molecule has 0 aromatic heterocycles. The molecule has 0 bridgehead atoms. The second kappa shape index (κ2) is 11.4. The van der Waals surface area contributed by atoms with Crippen molar-refractivity contribution in [1.82, 2.24) is 4.90 Å². The van der Waals surface area contributed by atoms with Gasteiger partial charge in [-0.15, -0.1) is 0 Å². The van der Waals surface area contributed by atoms with Crippen molar-refractivity contribution >= 4 is 11.9 Å². The van der Waals surface area contributed by atoms with E-state index in [1.165, 1.54) is 0 Å². The SMILES string of the molecule is CC(C)(C)OC(=O)C(OCOCc1ccccc1)(OC1CCC(C(=O)O)CC1)N1CCCC1. The molecule has 1 aromatic carbocycles. The fourth-order valence-electron chi connectivity index (χ4n) is 4.30. The molecule has 8 nitrogen and oxygen atoms in total. The lowest BCUT2D eigenvalue weighted by molar-refractivity contribution is -0.346. The lowest BCUT2D eigenvalue weighted by atomic mass is 9.87. The number of hydrogen-bond acceptors (Lipinski definition) is 7. The van der Waals surface area contributed by atoms with E-state index in [9.17, 15) is 14.7 Å². The highest BCUT2D eigenvalue weighted by Gasteiger charge is 2.53. The Balaban J connectivity index is 1.75. The highest BCUT2D eigenvalue weighted by atomic mass is 16.8. The molecule has 8 heteroatoms. The van der Waals surface area contributed by atoms with E-state index in [2.05, 4.69) is 0 Å². The van der Waals surface area contributed by atoms with Crippen LogP contribution in [-0.2, 0) is 35.1 Å². The van der Waals surface area contributed by atoms with E-state index in [4.69, 9.17) is 18.9 Å². The lowest BCUT2D eigenvalue weighted by Crippen LogP contribution is -2.61. The molecule has 1 aromatic rings. The maximum absolute atomic E-state index is 13.5. The first-order valence-electron chi connectivity index (χ1n) is 11.8. The number of carboxylic acid groups (broad SMARTS) is 1. The van der Waals surface area contributed by atoms with Gasteiger partial charge in [-0.3, -0.25) is 4.79 Å². The zero-order chi connectivity index (χ0) is 23.9. The number of esters is 1. The third-order valence-electron chi connectivity index (χ3n) is 5.98. The zero-order valence-corrected chi connectivity index (χ0v) is 20.0. The topological polar surface area (TPSA) is 94.5 Å². The summed E-state index contributed by atoms with van der Waals surface area (Å²) < 4.78 is 24.0. The Morgan fingerprint density at radius 3 is 2.24 bits per heavy atom. The number of ether oxygens (including phenoxy) is 4. The van der Waals surface area contributed by atoms with Crippen LogP contribution in [0.3, 0.4) is 0 Å². The molecule has 1 N–H and O–H groups in total. The Labute approximate surface area is 196 Å². The van der Waals surface area contributed by atoms with Crippen molar-refractivity contribution in [2.45, 2.75) is 83.5 Å². The van der Waals surface area contributed by atoms with Crippen molar-refractivity contribution in [3.8, 4) is 0 Å². The average molecular weight is 464 g/mol. The number of hydrogen-bond donors (Lipinski definition) is 1. The van der Waals surface area contributed by atoms with Gasteiger partial charge in [0, 0.05) is 13.1 Å². The van der Waals surface area contributed by atoms with Crippen LogP contribution in [0.2, 0.25) is 0 Å². The van der Waals surface area contributed by atoms with Gasteiger partial charge >= 0.3 is 17.8 Å². The fraction of sp³-hybridized carbons (Fsp3) is 0.680. The Kier molecular flexibility index (Phi) is 8.87. The maximum atomic E-state index is 13.5. The van der Waals surface area contributed by atoms with E-state index in [1.54, 1.807) is 0 Å². The summed E-state index contributed by atoms with van der Waals surface area (Å²) in [4.78, 5) is 26.7. The van der Waals surface area contributed by atoms with Crippen LogP contribution >= 0.6 is 0 Å². The number of carboxylic acids is 1. The van der Waals surface area contributed by atoms with Crippen LogP contribution in [0.15, 0.2) is 30.3 Å². The monoisotopic (exact) mass is 463 g/mol. The molecule has 1 heterocycles. The predicted molar refractivity (Wildman–Crippen MR) is 121 cm³/mol. The van der Waals surface area contributed by atoms with Gasteiger partial charge in [-0.1, -0.05) is 30.3 Å². The van der Waals surface area contributed by atoms with E-state index in [-0.39, 0.29) is 18.8 Å². The molecule has 0 radical (unpaired) electrons. The molecule has 3 rings (SSSR count). The molecule has 1 saturated heterocycles. The summed E-state index contributed by atoms with van der Waals surface area (Å²) in [5.74, 6) is -3.47. The first-order valence-corrected chi connectivity index (χ1v) is 11.8. The largest absolute Gasteiger partial charge is 0.481 e. The molecule has 1 atom stereocenters. The van der Waals surface area contributed by atoms with Crippen molar-refractivity contribution in [1.29, 1.82) is 0 Å². The summed E-state index contributed by atoms with van der Waals surface area (Å²) in [6, 6.07) is 9.72. The third-order valence-corrected chi connectivity index (χ3v) is 5.98. The molecule has 33 heavy (non-hydrogen) atoms. The second-order valence-electron chi connectivity index (χ2n) is 9.80. The van der Waals surface area contributed by atoms with Crippen molar-refractivity contribution in [2.24, 2.45) is 5.92 Å². The number of carbonyl (C=O) groups is 2. The minimum Gasteiger partial charge on any atom is -0.481 e. The van der Waals surface area contributed by atoms with Gasteiger partial charge in [-0.25, -0.2) is 9.69 Å². The van der Waals surface area contributed by atoms with Gasteiger partial charge in [-0.2, -0.15) is 0 Å². The first-order chi connectivity index (χ1) is 15.7. The molecule has 0 amide bonds. The Morgan fingerprint density at radius 1 is 1.03 bits per heavy atom. The predicted octanol–water partition coefficient (Wildman–Crippen LogP) is 3.93. The summed E-state index contributed by atoms with van der Waals surface area (Å²) in [5.41, 5.74) is 0.277. The highest BCUT2D eigenvalue weighted by Crippen LogP contribution is 2.34. The molecule has 1 aliphatic heterocycles. The first kappa shape index (κ1) is 25.6. The van der Waals surface area contributed by atoms with E-state index in [0.29, 0.717) is 45.4 Å². The van der Waals surface area contributed by atoms with Crippen molar-refractivity contribution in [3.05, 3.63) is 35.9 Å². The molecular weight excluding hydrogens is 426 g/mol. The minimum absolute atomic E-state index is 0.144. The number of carbonyl (C=O) groups excluding carboxylic acids is 1. The Bertz CT molecular complexity index is 765. The molecule has 1 saturated carbocycles. The van der Waals surface area contributed by atoms with Gasteiger partial charge in [0.05, 0.1) is 18.6 Å². The van der Waals surface area contributed by atoms with Gasteiger partial charge < -0.3 is 24.1 Å². The zero-order valence-electron chi connectivity index (χ0n) is 20.0. The van der Waals surface area contributed by atoms with Gasteiger partial charge in [0.25, 0.3) is 0 Å². The summed E-state index contributed by atoms with van der Waals surface area (Å²) >= 11 is 0. The summed E-state index contributed by atoms with van der Waals surface area (Å²) in [6.45, 7) is 6.91. The van der Waals surface area contributed by atoms with Crippen LogP contribution in [0.5, 0.6) is 0 Å². The van der Waals surface area contributed by atoms with Crippen molar-refractivity contribution < 1.29 is 33.6 Å². The molecule has 184 valence electrons. The second-order valence-corrected chi connectivity index (χ2v) is 9.80.